The van der Waals surface area contributed by atoms with Gasteiger partial charge in [-0.1, -0.05) is 18.2 Å². The van der Waals surface area contributed by atoms with Crippen molar-refractivity contribution in [3.63, 3.8) is 0 Å². The third-order valence-electron chi connectivity index (χ3n) is 3.48. The predicted molar refractivity (Wildman–Crippen MR) is 72.8 cm³/mol. The number of nitrogens with one attached hydrogen (secondary N) is 2. The number of fused-ring (bicyclic) bond motifs is 2. The molecule has 0 saturated carbocycles. The summed E-state index contributed by atoms with van der Waals surface area (Å²) in [7, 11) is 0. The van der Waals surface area contributed by atoms with Crippen LogP contribution in [-0.4, -0.2) is 12.7 Å². The van der Waals surface area contributed by atoms with Crippen molar-refractivity contribution in [1.82, 2.24) is 5.32 Å². The molecule has 2 N–H and O–H groups in total. The summed E-state index contributed by atoms with van der Waals surface area (Å²) in [6.45, 7) is 0.242. The van der Waals surface area contributed by atoms with Crippen molar-refractivity contribution in [2.75, 3.05) is 12.1 Å². The summed E-state index contributed by atoms with van der Waals surface area (Å²) in [4.78, 5) is 12.1. The van der Waals surface area contributed by atoms with Gasteiger partial charge in [-0.2, -0.15) is 0 Å². The molecule has 5 heteroatoms. The largest absolute Gasteiger partial charge is 0.454 e. The van der Waals surface area contributed by atoms with Gasteiger partial charge in [0.1, 0.15) is 6.17 Å². The van der Waals surface area contributed by atoms with Gasteiger partial charge in [0.15, 0.2) is 11.5 Å². The Hall–Kier alpha value is -2.69. The second-order valence-electron chi connectivity index (χ2n) is 4.71. The van der Waals surface area contributed by atoms with Gasteiger partial charge in [0.25, 0.3) is 5.91 Å². The minimum absolute atomic E-state index is 0.0815. The lowest BCUT2D eigenvalue weighted by Crippen LogP contribution is -2.38. The summed E-state index contributed by atoms with van der Waals surface area (Å²) < 4.78 is 10.7. The van der Waals surface area contributed by atoms with Gasteiger partial charge in [0.2, 0.25) is 6.79 Å². The first kappa shape index (κ1) is 11.2. The highest BCUT2D eigenvalue weighted by Crippen LogP contribution is 2.35. The first-order valence-corrected chi connectivity index (χ1v) is 6.37. The number of carbonyl (C=O) groups excluding carboxylic acids is 1. The molecule has 5 nitrogen and oxygen atoms in total. The van der Waals surface area contributed by atoms with E-state index in [4.69, 9.17) is 9.47 Å². The van der Waals surface area contributed by atoms with Gasteiger partial charge < -0.3 is 20.1 Å². The molecule has 1 amide bonds. The summed E-state index contributed by atoms with van der Waals surface area (Å²) in [6.07, 6.45) is -0.271. The topological polar surface area (TPSA) is 59.6 Å². The van der Waals surface area contributed by atoms with E-state index < -0.39 is 0 Å². The SMILES string of the molecule is O=C1N[C@H](c2ccc3c(c2)OCO3)Nc2ccccc21. The lowest BCUT2D eigenvalue weighted by molar-refractivity contribution is 0.0935. The van der Waals surface area contributed by atoms with Crippen LogP contribution in [0.4, 0.5) is 5.69 Å². The second-order valence-corrected chi connectivity index (χ2v) is 4.71. The number of carbonyl (C=O) groups is 1. The van der Waals surface area contributed by atoms with Crippen molar-refractivity contribution < 1.29 is 14.3 Å². The van der Waals surface area contributed by atoms with E-state index in [1.54, 1.807) is 6.07 Å². The molecule has 1 atom stereocenters. The lowest BCUT2D eigenvalue weighted by Gasteiger charge is -2.28. The minimum atomic E-state index is -0.271. The molecular weight excluding hydrogens is 256 g/mol. The molecule has 4 rings (SSSR count). The smallest absolute Gasteiger partial charge is 0.255 e. The van der Waals surface area contributed by atoms with E-state index in [2.05, 4.69) is 10.6 Å². The molecule has 2 aliphatic heterocycles. The highest BCUT2D eigenvalue weighted by Gasteiger charge is 2.25. The molecule has 100 valence electrons. The molecule has 0 spiro atoms. The Balaban J connectivity index is 1.69. The van der Waals surface area contributed by atoms with E-state index >= 15 is 0 Å². The first-order chi connectivity index (χ1) is 9.81. The molecular formula is C15H12N2O3. The van der Waals surface area contributed by atoms with Crippen molar-refractivity contribution >= 4 is 11.6 Å². The number of para-hydroxylation sites is 1. The molecule has 0 unspecified atom stereocenters. The summed E-state index contributed by atoms with van der Waals surface area (Å²) in [6, 6.07) is 13.1. The fraction of sp³-hybridized carbons (Fsp3) is 0.133. The van der Waals surface area contributed by atoms with Crippen LogP contribution in [0, 0.1) is 0 Å². The summed E-state index contributed by atoms with van der Waals surface area (Å²) >= 11 is 0. The van der Waals surface area contributed by atoms with Gasteiger partial charge in [-0.25, -0.2) is 0 Å². The number of benzene rings is 2. The zero-order valence-electron chi connectivity index (χ0n) is 10.6. The van der Waals surface area contributed by atoms with Crippen LogP contribution >= 0.6 is 0 Å². The average molecular weight is 268 g/mol. The van der Waals surface area contributed by atoms with E-state index in [9.17, 15) is 4.79 Å². The van der Waals surface area contributed by atoms with Crippen molar-refractivity contribution in [2.45, 2.75) is 6.17 Å². The van der Waals surface area contributed by atoms with Crippen molar-refractivity contribution in [3.05, 3.63) is 53.6 Å². The minimum Gasteiger partial charge on any atom is -0.454 e. The van der Waals surface area contributed by atoms with Crippen LogP contribution in [0.25, 0.3) is 0 Å². The standard InChI is InChI=1S/C15H12N2O3/c18-15-10-3-1-2-4-11(10)16-14(17-15)9-5-6-12-13(7-9)20-8-19-12/h1-7,14,16H,8H2,(H,17,18)/t14-/m1/s1. The Kier molecular flexibility index (Phi) is 2.32. The van der Waals surface area contributed by atoms with Crippen molar-refractivity contribution in [1.29, 1.82) is 0 Å². The average Bonchev–Trinajstić information content (AvgIpc) is 2.94. The lowest BCUT2D eigenvalue weighted by atomic mass is 10.1. The van der Waals surface area contributed by atoms with Crippen LogP contribution in [0.2, 0.25) is 0 Å². The fourth-order valence-electron chi connectivity index (χ4n) is 2.47. The third kappa shape index (κ3) is 1.67. The number of rotatable bonds is 1. The van der Waals surface area contributed by atoms with Crippen molar-refractivity contribution in [3.8, 4) is 11.5 Å². The Labute approximate surface area is 115 Å². The number of anilines is 1. The molecule has 0 aliphatic carbocycles. The number of hydrogen-bond donors (Lipinski definition) is 2. The normalized spacial score (nSPS) is 19.0. The number of ether oxygens (including phenoxy) is 2. The molecule has 2 aromatic rings. The predicted octanol–water partition coefficient (Wildman–Crippen LogP) is 2.27. The van der Waals surface area contributed by atoms with Crippen LogP contribution in [0.15, 0.2) is 42.5 Å². The van der Waals surface area contributed by atoms with E-state index in [1.807, 2.05) is 36.4 Å². The molecule has 2 aliphatic rings. The molecule has 0 radical (unpaired) electrons. The molecule has 2 aromatic carbocycles. The van der Waals surface area contributed by atoms with Gasteiger partial charge in [0, 0.05) is 5.69 Å². The highest BCUT2D eigenvalue weighted by molar-refractivity contribution is 6.01. The van der Waals surface area contributed by atoms with Crippen LogP contribution < -0.4 is 20.1 Å². The van der Waals surface area contributed by atoms with Gasteiger partial charge in [0.05, 0.1) is 5.56 Å². The van der Waals surface area contributed by atoms with Gasteiger partial charge in [-0.05, 0) is 29.8 Å². The monoisotopic (exact) mass is 268 g/mol. The Morgan fingerprint density at radius 1 is 1.00 bits per heavy atom. The Bertz CT molecular complexity index is 699. The summed E-state index contributed by atoms with van der Waals surface area (Å²) in [5, 5.41) is 6.24. The first-order valence-electron chi connectivity index (χ1n) is 6.37. The number of amides is 1. The zero-order valence-corrected chi connectivity index (χ0v) is 10.6. The van der Waals surface area contributed by atoms with Crippen LogP contribution in [-0.2, 0) is 0 Å². The van der Waals surface area contributed by atoms with Gasteiger partial charge in [-0.15, -0.1) is 0 Å². The Morgan fingerprint density at radius 2 is 1.85 bits per heavy atom. The van der Waals surface area contributed by atoms with Crippen LogP contribution in [0.3, 0.4) is 0 Å². The zero-order chi connectivity index (χ0) is 13.5. The summed E-state index contributed by atoms with van der Waals surface area (Å²) in [5.74, 6) is 1.36. The van der Waals surface area contributed by atoms with E-state index in [1.165, 1.54) is 0 Å². The maximum atomic E-state index is 12.1. The van der Waals surface area contributed by atoms with Gasteiger partial charge >= 0.3 is 0 Å². The molecule has 0 bridgehead atoms. The molecule has 0 aromatic heterocycles. The van der Waals surface area contributed by atoms with Crippen molar-refractivity contribution in [2.24, 2.45) is 0 Å². The third-order valence-corrected chi connectivity index (χ3v) is 3.48. The Morgan fingerprint density at radius 3 is 2.80 bits per heavy atom. The molecule has 20 heavy (non-hydrogen) atoms. The van der Waals surface area contributed by atoms with E-state index in [0.717, 1.165) is 17.0 Å². The molecule has 0 saturated heterocycles. The van der Waals surface area contributed by atoms with E-state index in [-0.39, 0.29) is 18.9 Å². The highest BCUT2D eigenvalue weighted by atomic mass is 16.7. The number of hydrogen-bond acceptors (Lipinski definition) is 4. The van der Waals surface area contributed by atoms with Crippen LogP contribution in [0.5, 0.6) is 11.5 Å². The van der Waals surface area contributed by atoms with Crippen LogP contribution in [0.1, 0.15) is 22.1 Å². The quantitative estimate of drug-likeness (QED) is 0.833. The summed E-state index contributed by atoms with van der Waals surface area (Å²) in [5.41, 5.74) is 2.42. The molecule has 2 heterocycles. The maximum absolute atomic E-state index is 12.1. The molecule has 0 fully saturated rings. The second kappa shape index (κ2) is 4.16. The van der Waals surface area contributed by atoms with E-state index in [0.29, 0.717) is 11.3 Å². The fourth-order valence-corrected chi connectivity index (χ4v) is 2.47. The van der Waals surface area contributed by atoms with Gasteiger partial charge in [-0.3, -0.25) is 4.79 Å². The maximum Gasteiger partial charge on any atom is 0.255 e.